The molecule has 0 heterocycles. The molecule has 0 aromatic heterocycles. The molecule has 0 saturated carbocycles. The number of ether oxygens (including phenoxy) is 1. The summed E-state index contributed by atoms with van der Waals surface area (Å²) in [5, 5.41) is 1.99. The van der Waals surface area contributed by atoms with Gasteiger partial charge in [0, 0.05) is 0 Å². The summed E-state index contributed by atoms with van der Waals surface area (Å²) in [7, 11) is 0. The molecule has 1 aromatic rings. The van der Waals surface area contributed by atoms with E-state index in [-0.39, 0.29) is 12.1 Å². The Balaban J connectivity index is 2.37. The minimum atomic E-state index is -0.164. The van der Waals surface area contributed by atoms with E-state index < -0.39 is 0 Å². The van der Waals surface area contributed by atoms with Crippen molar-refractivity contribution in [3.63, 3.8) is 0 Å². The molecule has 0 saturated heterocycles. The normalized spacial score (nSPS) is 12.1. The maximum atomic E-state index is 11.1. The fraction of sp³-hybridized carbons (Fsp3) is 0.500. The van der Waals surface area contributed by atoms with Crippen molar-refractivity contribution in [1.29, 1.82) is 0 Å². The first-order chi connectivity index (χ1) is 8.72. The van der Waals surface area contributed by atoms with Crippen LogP contribution in [-0.4, -0.2) is 32.4 Å². The summed E-state index contributed by atoms with van der Waals surface area (Å²) in [6.45, 7) is 1.49. The first-order valence-corrected chi connectivity index (χ1v) is 9.32. The fourth-order valence-electron chi connectivity index (χ4n) is 1.58. The van der Waals surface area contributed by atoms with Gasteiger partial charge in [-0.2, -0.15) is 0 Å². The molecule has 0 aliphatic heterocycles. The quantitative estimate of drug-likeness (QED) is 0.301. The van der Waals surface area contributed by atoms with Gasteiger partial charge in [-0.3, -0.25) is 0 Å². The van der Waals surface area contributed by atoms with Gasteiger partial charge < -0.3 is 0 Å². The zero-order valence-electron chi connectivity index (χ0n) is 10.6. The van der Waals surface area contributed by atoms with Gasteiger partial charge in [0.2, 0.25) is 0 Å². The zero-order valence-corrected chi connectivity index (χ0v) is 13.9. The van der Waals surface area contributed by atoms with Crippen molar-refractivity contribution in [3.8, 4) is 0 Å². The second-order valence-corrected chi connectivity index (χ2v) is 7.13. The average molecular weight is 378 g/mol. The second kappa shape index (κ2) is 9.60. The number of benzene rings is 1. The van der Waals surface area contributed by atoms with Crippen LogP contribution in [0.2, 0.25) is 5.32 Å². The van der Waals surface area contributed by atoms with Gasteiger partial charge in [0.05, 0.1) is 0 Å². The van der Waals surface area contributed by atoms with Gasteiger partial charge in [-0.05, 0) is 0 Å². The zero-order chi connectivity index (χ0) is 13.2. The molecule has 0 fully saturated rings. The molecule has 0 radical (unpaired) electrons. The van der Waals surface area contributed by atoms with Crippen LogP contribution in [0.15, 0.2) is 30.3 Å². The SMILES string of the molecule is CC(=O)OC(CCCCBr)C[Se]c1ccccc1. The van der Waals surface area contributed by atoms with Crippen LogP contribution in [0.5, 0.6) is 0 Å². The summed E-state index contributed by atoms with van der Waals surface area (Å²) in [6, 6.07) is 10.4. The molecule has 1 atom stereocenters. The molecular weight excluding hydrogens is 359 g/mol. The number of rotatable bonds is 8. The van der Waals surface area contributed by atoms with Gasteiger partial charge in [-0.15, -0.1) is 0 Å². The van der Waals surface area contributed by atoms with Crippen LogP contribution in [0, 0.1) is 0 Å². The van der Waals surface area contributed by atoms with Crippen molar-refractivity contribution in [2.24, 2.45) is 0 Å². The molecule has 18 heavy (non-hydrogen) atoms. The topological polar surface area (TPSA) is 26.3 Å². The van der Waals surface area contributed by atoms with Gasteiger partial charge in [0.25, 0.3) is 0 Å². The fourth-order valence-corrected chi connectivity index (χ4v) is 4.00. The van der Waals surface area contributed by atoms with Crippen LogP contribution in [0.25, 0.3) is 0 Å². The monoisotopic (exact) mass is 378 g/mol. The van der Waals surface area contributed by atoms with Crippen molar-refractivity contribution in [1.82, 2.24) is 0 Å². The molecule has 1 unspecified atom stereocenters. The third-order valence-corrected chi connectivity index (χ3v) is 5.38. The number of halogens is 1. The van der Waals surface area contributed by atoms with Gasteiger partial charge in [-0.25, -0.2) is 0 Å². The predicted molar refractivity (Wildman–Crippen MR) is 79.8 cm³/mol. The van der Waals surface area contributed by atoms with E-state index in [1.54, 1.807) is 0 Å². The Hall–Kier alpha value is -0.311. The predicted octanol–water partition coefficient (Wildman–Crippen LogP) is 2.93. The summed E-state index contributed by atoms with van der Waals surface area (Å²) in [4.78, 5) is 11.1. The number of hydrogen-bond acceptors (Lipinski definition) is 2. The molecule has 4 heteroatoms. The summed E-state index contributed by atoms with van der Waals surface area (Å²) >= 11 is 3.81. The second-order valence-electron chi connectivity index (χ2n) is 4.04. The molecule has 2 nitrogen and oxygen atoms in total. The van der Waals surface area contributed by atoms with E-state index in [2.05, 4.69) is 40.2 Å². The van der Waals surface area contributed by atoms with Crippen LogP contribution in [-0.2, 0) is 9.53 Å². The van der Waals surface area contributed by atoms with Crippen molar-refractivity contribution in [2.75, 3.05) is 5.33 Å². The Morgan fingerprint density at radius 3 is 2.67 bits per heavy atom. The first-order valence-electron chi connectivity index (χ1n) is 6.13. The molecule has 0 amide bonds. The Morgan fingerprint density at radius 1 is 1.33 bits per heavy atom. The molecule has 0 aliphatic carbocycles. The van der Waals surface area contributed by atoms with E-state index in [4.69, 9.17) is 4.74 Å². The Labute approximate surface area is 124 Å². The van der Waals surface area contributed by atoms with E-state index >= 15 is 0 Å². The number of unbranched alkanes of at least 4 members (excludes halogenated alkanes) is 1. The molecule has 0 spiro atoms. The first kappa shape index (κ1) is 15.7. The van der Waals surface area contributed by atoms with E-state index in [0.717, 1.165) is 29.9 Å². The molecule has 0 bridgehead atoms. The van der Waals surface area contributed by atoms with E-state index in [1.165, 1.54) is 11.4 Å². The molecule has 0 aliphatic rings. The average Bonchev–Trinajstić information content (AvgIpc) is 2.37. The third-order valence-electron chi connectivity index (χ3n) is 2.42. The summed E-state index contributed by atoms with van der Waals surface area (Å²) in [6.07, 6.45) is 3.30. The van der Waals surface area contributed by atoms with Crippen LogP contribution in [0.4, 0.5) is 0 Å². The third kappa shape index (κ3) is 7.20. The maximum absolute atomic E-state index is 11.1. The number of alkyl halides is 1. The minimum absolute atomic E-state index is 0.0850. The van der Waals surface area contributed by atoms with Gasteiger partial charge in [0.15, 0.2) is 0 Å². The molecule has 100 valence electrons. The van der Waals surface area contributed by atoms with E-state index in [1.807, 2.05) is 6.07 Å². The van der Waals surface area contributed by atoms with E-state index in [0.29, 0.717) is 15.0 Å². The van der Waals surface area contributed by atoms with Crippen molar-refractivity contribution >= 4 is 41.3 Å². The Kier molecular flexibility index (Phi) is 8.40. The number of carbonyl (C=O) groups is 1. The van der Waals surface area contributed by atoms with Crippen molar-refractivity contribution in [2.45, 2.75) is 37.6 Å². The summed E-state index contributed by atoms with van der Waals surface area (Å²) in [5.41, 5.74) is 0. The van der Waals surface area contributed by atoms with Crippen LogP contribution < -0.4 is 4.46 Å². The van der Waals surface area contributed by atoms with Crippen LogP contribution >= 0.6 is 15.9 Å². The van der Waals surface area contributed by atoms with Crippen LogP contribution in [0.3, 0.4) is 0 Å². The van der Waals surface area contributed by atoms with Gasteiger partial charge in [0.1, 0.15) is 0 Å². The number of carbonyl (C=O) groups excluding carboxylic acids is 1. The van der Waals surface area contributed by atoms with Crippen LogP contribution in [0.1, 0.15) is 26.2 Å². The Morgan fingerprint density at radius 2 is 2.06 bits per heavy atom. The van der Waals surface area contributed by atoms with Gasteiger partial charge >= 0.3 is 124 Å². The standard InChI is InChI=1S/C14H19BrO2Se/c1-12(16)17-13(7-5-6-10-15)11-18-14-8-3-2-4-9-14/h2-4,8-9,13H,5-7,10-11H2,1H3. The molecular formula is C14H19BrO2Se. The van der Waals surface area contributed by atoms with Crippen molar-refractivity contribution in [3.05, 3.63) is 30.3 Å². The molecule has 0 N–H and O–H groups in total. The number of esters is 1. The van der Waals surface area contributed by atoms with Crippen molar-refractivity contribution < 1.29 is 9.53 Å². The summed E-state index contributed by atoms with van der Waals surface area (Å²) in [5.74, 6) is -0.164. The van der Waals surface area contributed by atoms with Gasteiger partial charge in [-0.1, -0.05) is 0 Å². The molecule has 1 rings (SSSR count). The van der Waals surface area contributed by atoms with E-state index in [9.17, 15) is 4.79 Å². The Bertz CT molecular complexity index is 343. The molecule has 1 aromatic carbocycles. The summed E-state index contributed by atoms with van der Waals surface area (Å²) < 4.78 is 6.74. The number of hydrogen-bond donors (Lipinski definition) is 0.